The maximum absolute atomic E-state index is 12.3. The minimum absolute atomic E-state index is 0.0233. The van der Waals surface area contributed by atoms with E-state index < -0.39 is 17.5 Å². The molecule has 0 unspecified atom stereocenters. The van der Waals surface area contributed by atoms with Crippen molar-refractivity contribution in [1.82, 2.24) is 14.9 Å². The number of piperazine rings is 1. The fourth-order valence-electron chi connectivity index (χ4n) is 2.80. The Morgan fingerprint density at radius 3 is 2.61 bits per heavy atom. The molecule has 1 aromatic heterocycles. The molecule has 146 valence electrons. The molecule has 1 aliphatic heterocycles. The van der Waals surface area contributed by atoms with E-state index in [-0.39, 0.29) is 22.3 Å². The summed E-state index contributed by atoms with van der Waals surface area (Å²) in [7, 11) is 0. The first-order chi connectivity index (χ1) is 13.5. The first kappa shape index (κ1) is 19.5. The predicted molar refractivity (Wildman–Crippen MR) is 99.2 cm³/mol. The highest BCUT2D eigenvalue weighted by molar-refractivity contribution is 6.30. The van der Waals surface area contributed by atoms with Crippen molar-refractivity contribution in [2.45, 2.75) is 0 Å². The van der Waals surface area contributed by atoms with Gasteiger partial charge in [0.1, 0.15) is 5.69 Å². The molecule has 0 saturated carbocycles. The number of amides is 1. The van der Waals surface area contributed by atoms with Crippen LogP contribution in [0.15, 0.2) is 36.8 Å². The second-order valence-electron chi connectivity index (χ2n) is 5.92. The van der Waals surface area contributed by atoms with Gasteiger partial charge in [-0.25, -0.2) is 9.78 Å². The number of carbonyl (C=O) groups is 2. The highest BCUT2D eigenvalue weighted by Gasteiger charge is 2.26. The van der Waals surface area contributed by atoms with Crippen LogP contribution in [0.25, 0.3) is 0 Å². The fraction of sp³-hybridized carbons (Fsp3) is 0.294. The Kier molecular flexibility index (Phi) is 5.99. The maximum Gasteiger partial charge on any atom is 0.359 e. The highest BCUT2D eigenvalue weighted by Crippen LogP contribution is 2.31. The summed E-state index contributed by atoms with van der Waals surface area (Å²) in [4.78, 5) is 45.8. The predicted octanol–water partition coefficient (Wildman–Crippen LogP) is 1.54. The smallest absolute Gasteiger partial charge is 0.359 e. The average Bonchev–Trinajstić information content (AvgIpc) is 2.72. The molecular weight excluding hydrogens is 390 g/mol. The van der Waals surface area contributed by atoms with Crippen LogP contribution in [0.3, 0.4) is 0 Å². The zero-order valence-electron chi connectivity index (χ0n) is 14.7. The molecule has 1 fully saturated rings. The monoisotopic (exact) mass is 405 g/mol. The van der Waals surface area contributed by atoms with Crippen LogP contribution in [0.1, 0.15) is 10.5 Å². The number of esters is 1. The molecule has 1 saturated heterocycles. The van der Waals surface area contributed by atoms with E-state index in [1.807, 2.05) is 4.90 Å². The van der Waals surface area contributed by atoms with Gasteiger partial charge in [0.2, 0.25) is 0 Å². The van der Waals surface area contributed by atoms with Crippen molar-refractivity contribution in [2.24, 2.45) is 0 Å². The van der Waals surface area contributed by atoms with E-state index in [4.69, 9.17) is 16.3 Å². The third-order valence-corrected chi connectivity index (χ3v) is 4.44. The normalized spacial score (nSPS) is 13.9. The van der Waals surface area contributed by atoms with E-state index in [9.17, 15) is 19.7 Å². The molecule has 0 radical (unpaired) electrons. The van der Waals surface area contributed by atoms with Gasteiger partial charge in [0.15, 0.2) is 12.3 Å². The van der Waals surface area contributed by atoms with Crippen molar-refractivity contribution in [2.75, 3.05) is 37.7 Å². The first-order valence-electron chi connectivity index (χ1n) is 8.35. The maximum atomic E-state index is 12.3. The molecule has 1 amide bonds. The van der Waals surface area contributed by atoms with Crippen molar-refractivity contribution < 1.29 is 19.2 Å². The number of benzene rings is 1. The Morgan fingerprint density at radius 1 is 1.21 bits per heavy atom. The minimum atomic E-state index is -0.725. The van der Waals surface area contributed by atoms with Gasteiger partial charge in [0, 0.05) is 49.7 Å². The minimum Gasteiger partial charge on any atom is -0.451 e. The van der Waals surface area contributed by atoms with Crippen LogP contribution < -0.4 is 4.90 Å². The molecule has 11 heteroatoms. The highest BCUT2D eigenvalue weighted by atomic mass is 35.5. The van der Waals surface area contributed by atoms with Gasteiger partial charge in [-0.15, -0.1) is 0 Å². The molecular formula is C17H16ClN5O5. The number of nitro benzene ring substituents is 1. The van der Waals surface area contributed by atoms with Gasteiger partial charge in [0.25, 0.3) is 11.6 Å². The lowest BCUT2D eigenvalue weighted by atomic mass is 10.2. The second-order valence-corrected chi connectivity index (χ2v) is 6.36. The molecule has 0 spiro atoms. The van der Waals surface area contributed by atoms with E-state index in [2.05, 4.69) is 9.97 Å². The second kappa shape index (κ2) is 8.61. The molecule has 0 N–H and O–H groups in total. The van der Waals surface area contributed by atoms with Gasteiger partial charge < -0.3 is 14.5 Å². The summed E-state index contributed by atoms with van der Waals surface area (Å²) < 4.78 is 4.97. The Morgan fingerprint density at radius 2 is 1.96 bits per heavy atom. The summed E-state index contributed by atoms with van der Waals surface area (Å²) in [5.41, 5.74) is 0.399. The zero-order chi connectivity index (χ0) is 20.1. The number of halogens is 1. The molecule has 2 heterocycles. The van der Waals surface area contributed by atoms with Crippen molar-refractivity contribution in [1.29, 1.82) is 0 Å². The van der Waals surface area contributed by atoms with Crippen LogP contribution in [0, 0.1) is 10.1 Å². The van der Waals surface area contributed by atoms with Crippen LogP contribution in [0.2, 0.25) is 5.02 Å². The Bertz CT molecular complexity index is 887. The van der Waals surface area contributed by atoms with E-state index in [1.165, 1.54) is 24.7 Å². The van der Waals surface area contributed by atoms with Gasteiger partial charge in [0.05, 0.1) is 11.1 Å². The van der Waals surface area contributed by atoms with E-state index in [0.29, 0.717) is 31.9 Å². The number of nitro groups is 1. The molecule has 1 aromatic carbocycles. The topological polar surface area (TPSA) is 119 Å². The van der Waals surface area contributed by atoms with Crippen LogP contribution in [-0.4, -0.2) is 64.5 Å². The van der Waals surface area contributed by atoms with Crippen molar-refractivity contribution in [3.8, 4) is 0 Å². The lowest BCUT2D eigenvalue weighted by molar-refractivity contribution is -0.384. The molecule has 1 aliphatic rings. The number of hydrogen-bond acceptors (Lipinski definition) is 8. The number of hydrogen-bond donors (Lipinski definition) is 0. The molecule has 10 nitrogen and oxygen atoms in total. The third kappa shape index (κ3) is 4.52. The standard InChI is InChI=1S/C17H16ClN5O5/c18-12-1-2-14(15(9-12)23(26)27)21-5-7-22(8-6-21)16(24)11-28-17(25)13-10-19-3-4-20-13/h1-4,9-10H,5-8,11H2. The summed E-state index contributed by atoms with van der Waals surface area (Å²) >= 11 is 5.84. The fourth-order valence-corrected chi connectivity index (χ4v) is 2.97. The number of nitrogens with zero attached hydrogens (tertiary/aromatic N) is 5. The van der Waals surface area contributed by atoms with Gasteiger partial charge in [-0.05, 0) is 12.1 Å². The van der Waals surface area contributed by atoms with Crippen LogP contribution in [0.5, 0.6) is 0 Å². The third-order valence-electron chi connectivity index (χ3n) is 4.21. The van der Waals surface area contributed by atoms with E-state index in [0.717, 1.165) is 0 Å². The summed E-state index contributed by atoms with van der Waals surface area (Å²) in [6.07, 6.45) is 4.03. The summed E-state index contributed by atoms with van der Waals surface area (Å²) in [5, 5.41) is 11.5. The summed E-state index contributed by atoms with van der Waals surface area (Å²) in [5.74, 6) is -1.07. The van der Waals surface area contributed by atoms with Crippen molar-refractivity contribution in [3.63, 3.8) is 0 Å². The number of rotatable bonds is 5. The lowest BCUT2D eigenvalue weighted by Gasteiger charge is -2.35. The Labute approximate surface area is 164 Å². The Balaban J connectivity index is 1.55. The van der Waals surface area contributed by atoms with Gasteiger partial charge in [-0.2, -0.15) is 0 Å². The van der Waals surface area contributed by atoms with Crippen LogP contribution >= 0.6 is 11.6 Å². The Hall–Kier alpha value is -3.27. The van der Waals surface area contributed by atoms with Gasteiger partial charge >= 0.3 is 5.97 Å². The van der Waals surface area contributed by atoms with Gasteiger partial charge in [-0.1, -0.05) is 11.6 Å². The zero-order valence-corrected chi connectivity index (χ0v) is 15.4. The SMILES string of the molecule is O=C(OCC(=O)N1CCN(c2ccc(Cl)cc2[N+](=O)[O-])CC1)c1cnccn1. The van der Waals surface area contributed by atoms with E-state index >= 15 is 0 Å². The molecule has 3 rings (SSSR count). The lowest BCUT2D eigenvalue weighted by Crippen LogP contribution is -2.50. The van der Waals surface area contributed by atoms with Gasteiger partial charge in [-0.3, -0.25) is 19.9 Å². The molecule has 0 aliphatic carbocycles. The molecule has 2 aromatic rings. The largest absolute Gasteiger partial charge is 0.451 e. The quantitative estimate of drug-likeness (QED) is 0.417. The number of ether oxygens (including phenoxy) is 1. The number of carbonyl (C=O) groups excluding carboxylic acids is 2. The van der Waals surface area contributed by atoms with E-state index in [1.54, 1.807) is 17.0 Å². The van der Waals surface area contributed by atoms with Crippen molar-refractivity contribution >= 4 is 34.9 Å². The number of anilines is 1. The number of aromatic nitrogens is 2. The molecule has 0 atom stereocenters. The molecule has 28 heavy (non-hydrogen) atoms. The van der Waals surface area contributed by atoms with Crippen LogP contribution in [-0.2, 0) is 9.53 Å². The van der Waals surface area contributed by atoms with Crippen LogP contribution in [0.4, 0.5) is 11.4 Å². The van der Waals surface area contributed by atoms with Crippen molar-refractivity contribution in [3.05, 3.63) is 57.6 Å². The average molecular weight is 406 g/mol. The first-order valence-corrected chi connectivity index (χ1v) is 8.73. The summed E-state index contributed by atoms with van der Waals surface area (Å²) in [6, 6.07) is 4.49. The summed E-state index contributed by atoms with van der Waals surface area (Å²) in [6.45, 7) is 1.11. The molecule has 0 bridgehead atoms.